The molecule has 0 saturated carbocycles. The number of carbonyl (C=O) groups is 1. The van der Waals surface area contributed by atoms with E-state index >= 15 is 0 Å². The highest BCUT2D eigenvalue weighted by Gasteiger charge is 2.16. The number of hydrogen-bond donors (Lipinski definition) is 2. The minimum Gasteiger partial charge on any atom is -0.381 e. The molecule has 3 rings (SSSR count). The van der Waals surface area contributed by atoms with E-state index in [0.717, 1.165) is 25.3 Å². The summed E-state index contributed by atoms with van der Waals surface area (Å²) in [6, 6.07) is 11.3. The first-order valence-corrected chi connectivity index (χ1v) is 7.05. The molecule has 2 heterocycles. The van der Waals surface area contributed by atoms with Crippen LogP contribution < -0.4 is 10.6 Å². The van der Waals surface area contributed by atoms with Crippen molar-refractivity contribution in [3.05, 3.63) is 42.6 Å². The molecule has 21 heavy (non-hydrogen) atoms. The molecule has 0 bridgehead atoms. The summed E-state index contributed by atoms with van der Waals surface area (Å²) in [5.41, 5.74) is 0.953. The molecule has 0 spiro atoms. The highest BCUT2D eigenvalue weighted by atomic mass is 16.5. The van der Waals surface area contributed by atoms with Gasteiger partial charge in [-0.3, -0.25) is 5.32 Å². The van der Waals surface area contributed by atoms with Crippen molar-refractivity contribution in [3.8, 4) is 5.69 Å². The maximum atomic E-state index is 11.8. The molecule has 1 fully saturated rings. The van der Waals surface area contributed by atoms with Gasteiger partial charge in [0.1, 0.15) is 0 Å². The Bertz CT molecular complexity index is 591. The molecule has 110 valence electrons. The third-order valence-electron chi connectivity index (χ3n) is 3.43. The van der Waals surface area contributed by atoms with Crippen LogP contribution in [0.4, 0.5) is 10.6 Å². The maximum Gasteiger partial charge on any atom is 0.320 e. The Morgan fingerprint density at radius 3 is 2.95 bits per heavy atom. The Hall–Kier alpha value is -2.34. The fraction of sp³-hybridized carbons (Fsp3) is 0.333. The maximum absolute atomic E-state index is 11.8. The summed E-state index contributed by atoms with van der Waals surface area (Å²) >= 11 is 0. The lowest BCUT2D eigenvalue weighted by Crippen LogP contribution is -2.33. The van der Waals surface area contributed by atoms with Crippen LogP contribution in [0.5, 0.6) is 0 Å². The Labute approximate surface area is 123 Å². The number of ether oxygens (including phenoxy) is 1. The van der Waals surface area contributed by atoms with Crippen LogP contribution in [0.15, 0.2) is 42.6 Å². The van der Waals surface area contributed by atoms with E-state index in [1.54, 1.807) is 10.7 Å². The van der Waals surface area contributed by atoms with E-state index in [1.165, 1.54) is 0 Å². The van der Waals surface area contributed by atoms with Crippen LogP contribution in [0, 0.1) is 5.92 Å². The van der Waals surface area contributed by atoms with Crippen molar-refractivity contribution in [1.82, 2.24) is 15.1 Å². The van der Waals surface area contributed by atoms with Gasteiger partial charge in [-0.15, -0.1) is 5.10 Å². The van der Waals surface area contributed by atoms with Crippen molar-refractivity contribution in [2.75, 3.05) is 25.1 Å². The molecule has 1 aromatic heterocycles. The van der Waals surface area contributed by atoms with Gasteiger partial charge in [0.2, 0.25) is 0 Å². The molecule has 1 aromatic carbocycles. The van der Waals surface area contributed by atoms with Gasteiger partial charge in [0, 0.05) is 31.3 Å². The average molecular weight is 286 g/mol. The van der Waals surface area contributed by atoms with Crippen molar-refractivity contribution in [2.24, 2.45) is 5.92 Å². The standard InChI is InChI=1S/C15H18N4O2/c20-15(16-10-12-7-9-21-11-12)17-14-6-8-19(18-14)13-4-2-1-3-5-13/h1-6,8,12H,7,9-11H2,(H2,16,17,18,20)/t12-/m0/s1. The van der Waals surface area contributed by atoms with E-state index in [1.807, 2.05) is 36.5 Å². The van der Waals surface area contributed by atoms with E-state index in [-0.39, 0.29) is 6.03 Å². The van der Waals surface area contributed by atoms with Crippen molar-refractivity contribution in [1.29, 1.82) is 0 Å². The number of benzene rings is 1. The molecule has 1 aliphatic rings. The molecule has 1 saturated heterocycles. The summed E-state index contributed by atoms with van der Waals surface area (Å²) in [6.45, 7) is 2.14. The van der Waals surface area contributed by atoms with Gasteiger partial charge in [-0.25, -0.2) is 9.48 Å². The topological polar surface area (TPSA) is 68.2 Å². The quantitative estimate of drug-likeness (QED) is 0.903. The number of hydrogen-bond acceptors (Lipinski definition) is 3. The average Bonchev–Trinajstić information content (AvgIpc) is 3.17. The van der Waals surface area contributed by atoms with Crippen LogP contribution in [0.25, 0.3) is 5.69 Å². The van der Waals surface area contributed by atoms with E-state index in [4.69, 9.17) is 4.74 Å². The third-order valence-corrected chi connectivity index (χ3v) is 3.43. The van der Waals surface area contributed by atoms with Gasteiger partial charge in [-0.05, 0) is 18.6 Å². The van der Waals surface area contributed by atoms with E-state index in [0.29, 0.717) is 18.3 Å². The van der Waals surface area contributed by atoms with Crippen LogP contribution >= 0.6 is 0 Å². The Morgan fingerprint density at radius 2 is 2.19 bits per heavy atom. The highest BCUT2D eigenvalue weighted by Crippen LogP contribution is 2.11. The van der Waals surface area contributed by atoms with Crippen LogP contribution in [0.2, 0.25) is 0 Å². The minimum absolute atomic E-state index is 0.236. The van der Waals surface area contributed by atoms with Crippen LogP contribution in [-0.2, 0) is 4.74 Å². The van der Waals surface area contributed by atoms with Crippen LogP contribution in [-0.4, -0.2) is 35.6 Å². The first-order chi connectivity index (χ1) is 10.3. The minimum atomic E-state index is -0.236. The number of carbonyl (C=O) groups excluding carboxylic acids is 1. The number of anilines is 1. The van der Waals surface area contributed by atoms with Gasteiger partial charge in [-0.1, -0.05) is 18.2 Å². The fourth-order valence-corrected chi connectivity index (χ4v) is 2.26. The molecule has 0 aliphatic carbocycles. The van der Waals surface area contributed by atoms with Gasteiger partial charge >= 0.3 is 6.03 Å². The van der Waals surface area contributed by atoms with Crippen molar-refractivity contribution < 1.29 is 9.53 Å². The Balaban J connectivity index is 1.53. The van der Waals surface area contributed by atoms with Crippen molar-refractivity contribution in [2.45, 2.75) is 6.42 Å². The highest BCUT2D eigenvalue weighted by molar-refractivity contribution is 5.88. The molecule has 1 aliphatic heterocycles. The molecule has 1 atom stereocenters. The molecule has 6 nitrogen and oxygen atoms in total. The van der Waals surface area contributed by atoms with Gasteiger partial charge < -0.3 is 10.1 Å². The number of nitrogens with one attached hydrogen (secondary N) is 2. The summed E-state index contributed by atoms with van der Waals surface area (Å²) < 4.78 is 7.00. The van der Waals surface area contributed by atoms with Crippen LogP contribution in [0.3, 0.4) is 0 Å². The summed E-state index contributed by atoms with van der Waals surface area (Å²) in [4.78, 5) is 11.8. The number of nitrogens with zero attached hydrogens (tertiary/aromatic N) is 2. The fourth-order valence-electron chi connectivity index (χ4n) is 2.26. The normalized spacial score (nSPS) is 17.6. The smallest absolute Gasteiger partial charge is 0.320 e. The van der Waals surface area contributed by atoms with E-state index in [2.05, 4.69) is 15.7 Å². The molecule has 2 aromatic rings. The predicted molar refractivity (Wildman–Crippen MR) is 79.5 cm³/mol. The second kappa shape index (κ2) is 6.41. The zero-order chi connectivity index (χ0) is 14.5. The van der Waals surface area contributed by atoms with Crippen LogP contribution in [0.1, 0.15) is 6.42 Å². The van der Waals surface area contributed by atoms with Gasteiger partial charge in [0.05, 0.1) is 12.3 Å². The number of aromatic nitrogens is 2. The second-order valence-corrected chi connectivity index (χ2v) is 5.05. The first kappa shape index (κ1) is 13.6. The lowest BCUT2D eigenvalue weighted by molar-refractivity contribution is 0.185. The summed E-state index contributed by atoms with van der Waals surface area (Å²) in [5, 5.41) is 9.90. The molecular formula is C15H18N4O2. The molecule has 0 unspecified atom stereocenters. The Morgan fingerprint density at radius 1 is 1.33 bits per heavy atom. The predicted octanol–water partition coefficient (Wildman–Crippen LogP) is 2.03. The molecular weight excluding hydrogens is 268 g/mol. The van der Waals surface area contributed by atoms with E-state index < -0.39 is 0 Å². The lowest BCUT2D eigenvalue weighted by Gasteiger charge is -2.09. The van der Waals surface area contributed by atoms with Gasteiger partial charge in [0.15, 0.2) is 5.82 Å². The number of amides is 2. The second-order valence-electron chi connectivity index (χ2n) is 5.05. The molecule has 0 radical (unpaired) electrons. The number of urea groups is 1. The largest absolute Gasteiger partial charge is 0.381 e. The number of para-hydroxylation sites is 1. The molecule has 2 amide bonds. The zero-order valence-corrected chi connectivity index (χ0v) is 11.7. The van der Waals surface area contributed by atoms with Crippen molar-refractivity contribution in [3.63, 3.8) is 0 Å². The summed E-state index contributed by atoms with van der Waals surface area (Å²) in [6.07, 6.45) is 2.82. The Kier molecular flexibility index (Phi) is 4.16. The monoisotopic (exact) mass is 286 g/mol. The first-order valence-electron chi connectivity index (χ1n) is 7.05. The summed E-state index contributed by atoms with van der Waals surface area (Å²) in [7, 11) is 0. The van der Waals surface area contributed by atoms with Crippen molar-refractivity contribution >= 4 is 11.8 Å². The lowest BCUT2D eigenvalue weighted by atomic mass is 10.1. The number of rotatable bonds is 4. The molecule has 6 heteroatoms. The zero-order valence-electron chi connectivity index (χ0n) is 11.7. The van der Waals surface area contributed by atoms with E-state index in [9.17, 15) is 4.79 Å². The SMILES string of the molecule is O=C(NC[C@@H]1CCOC1)Nc1ccn(-c2ccccc2)n1. The third kappa shape index (κ3) is 3.61. The molecule has 2 N–H and O–H groups in total. The van der Waals surface area contributed by atoms with Gasteiger partial charge in [-0.2, -0.15) is 0 Å². The van der Waals surface area contributed by atoms with Gasteiger partial charge in [0.25, 0.3) is 0 Å². The summed E-state index contributed by atoms with van der Waals surface area (Å²) in [5.74, 6) is 0.941.